The van der Waals surface area contributed by atoms with E-state index in [1.807, 2.05) is 0 Å². The Morgan fingerprint density at radius 3 is 1.58 bits per heavy atom. The molecule has 0 spiro atoms. The molecule has 0 saturated heterocycles. The zero-order valence-corrected chi connectivity index (χ0v) is 19.3. The molecule has 0 nitrogen and oxygen atoms in total. The maximum Gasteiger partial charge on any atom is 0.0231 e. The Kier molecular flexibility index (Phi) is 8.81. The molecule has 0 atom stereocenters. The Bertz CT molecular complexity index is 390. The number of allylic oxidation sites excluding steroid dienone is 2. The third kappa shape index (κ3) is 5.98. The van der Waals surface area contributed by atoms with Crippen molar-refractivity contribution in [2.45, 2.75) is 115 Å². The van der Waals surface area contributed by atoms with Crippen LogP contribution in [0.3, 0.4) is 0 Å². The van der Waals surface area contributed by atoms with Crippen LogP contribution in [0.1, 0.15) is 104 Å². The molecule has 0 amide bonds. The highest BCUT2D eigenvalue weighted by Crippen LogP contribution is 2.46. The van der Waals surface area contributed by atoms with Crippen molar-refractivity contribution in [2.24, 2.45) is 29.6 Å². The summed E-state index contributed by atoms with van der Waals surface area (Å²) in [6, 6.07) is 1.61. The lowest BCUT2D eigenvalue weighted by atomic mass is 9.65. The molecule has 0 heterocycles. The van der Waals surface area contributed by atoms with Crippen molar-refractivity contribution in [3.8, 4) is 0 Å². The minimum Gasteiger partial charge on any atom is -0.0885 e. The molecule has 3 fully saturated rings. The predicted molar refractivity (Wildman–Crippen MR) is 120 cm³/mol. The number of rotatable bonds is 7. The maximum absolute atomic E-state index is 2.52. The van der Waals surface area contributed by atoms with E-state index >= 15 is 0 Å². The summed E-state index contributed by atoms with van der Waals surface area (Å²) in [6.07, 6.45) is 26.4. The van der Waals surface area contributed by atoms with Crippen LogP contribution in [0.25, 0.3) is 0 Å². The SMILES string of the molecule is CC/C=C/[C@H]1CC[C@H]([C@H]2CC[C@H]([C@H]3CC[C@H]([SiH2]CCC)CC3)CC2)CC1. The summed E-state index contributed by atoms with van der Waals surface area (Å²) in [6.45, 7) is 4.64. The van der Waals surface area contributed by atoms with Gasteiger partial charge in [0.05, 0.1) is 0 Å². The van der Waals surface area contributed by atoms with Crippen LogP contribution in [0.2, 0.25) is 11.6 Å². The first-order valence-corrected chi connectivity index (χ1v) is 14.3. The summed E-state index contributed by atoms with van der Waals surface area (Å²) in [5, 5.41) is 0. The van der Waals surface area contributed by atoms with Crippen LogP contribution in [0, 0.1) is 29.6 Å². The van der Waals surface area contributed by atoms with E-state index in [-0.39, 0.29) is 9.52 Å². The van der Waals surface area contributed by atoms with Crippen molar-refractivity contribution in [3.63, 3.8) is 0 Å². The molecule has 3 saturated carbocycles. The summed E-state index contributed by atoms with van der Waals surface area (Å²) in [4.78, 5) is 0. The van der Waals surface area contributed by atoms with Crippen molar-refractivity contribution in [1.29, 1.82) is 0 Å². The van der Waals surface area contributed by atoms with Gasteiger partial charge in [-0.3, -0.25) is 0 Å². The number of hydrogen-bond acceptors (Lipinski definition) is 0. The fourth-order valence-corrected chi connectivity index (χ4v) is 8.70. The van der Waals surface area contributed by atoms with Crippen LogP contribution in [-0.4, -0.2) is 9.52 Å². The Labute approximate surface area is 166 Å². The second-order valence-electron chi connectivity index (χ2n) is 10.1. The van der Waals surface area contributed by atoms with Gasteiger partial charge < -0.3 is 0 Å². The number of hydrogen-bond donors (Lipinski definition) is 0. The van der Waals surface area contributed by atoms with Crippen LogP contribution >= 0.6 is 0 Å². The minimum absolute atomic E-state index is 0.278. The van der Waals surface area contributed by atoms with E-state index in [9.17, 15) is 0 Å². The van der Waals surface area contributed by atoms with Crippen LogP contribution in [0.5, 0.6) is 0 Å². The third-order valence-electron chi connectivity index (χ3n) is 8.47. The van der Waals surface area contributed by atoms with E-state index in [2.05, 4.69) is 26.0 Å². The van der Waals surface area contributed by atoms with Crippen molar-refractivity contribution in [1.82, 2.24) is 0 Å². The second kappa shape index (κ2) is 11.1. The minimum atomic E-state index is 0.278. The van der Waals surface area contributed by atoms with Crippen LogP contribution in [0.4, 0.5) is 0 Å². The molecule has 0 aromatic heterocycles. The largest absolute Gasteiger partial charge is 0.0885 e. The lowest BCUT2D eigenvalue weighted by Crippen LogP contribution is -2.29. The van der Waals surface area contributed by atoms with E-state index in [1.54, 1.807) is 57.4 Å². The van der Waals surface area contributed by atoms with Gasteiger partial charge in [-0.25, -0.2) is 0 Å². The van der Waals surface area contributed by atoms with E-state index in [0.29, 0.717) is 0 Å². The average molecular weight is 375 g/mol. The van der Waals surface area contributed by atoms with E-state index in [1.165, 1.54) is 44.1 Å². The summed E-state index contributed by atoms with van der Waals surface area (Å²) in [5.41, 5.74) is 1.22. The summed E-state index contributed by atoms with van der Waals surface area (Å²) < 4.78 is 0. The average Bonchev–Trinajstić information content (AvgIpc) is 2.72. The zero-order valence-electron chi connectivity index (χ0n) is 17.9. The first-order valence-electron chi connectivity index (χ1n) is 12.5. The highest BCUT2D eigenvalue weighted by atomic mass is 28.2. The van der Waals surface area contributed by atoms with E-state index < -0.39 is 0 Å². The molecule has 0 aliphatic heterocycles. The molecule has 3 rings (SSSR count). The van der Waals surface area contributed by atoms with Crippen LogP contribution in [-0.2, 0) is 0 Å². The highest BCUT2D eigenvalue weighted by Gasteiger charge is 2.34. The molecule has 0 aromatic rings. The normalized spacial score (nSPS) is 39.8. The van der Waals surface area contributed by atoms with Gasteiger partial charge in [-0.1, -0.05) is 69.7 Å². The molecular weight excluding hydrogens is 328 g/mol. The van der Waals surface area contributed by atoms with Gasteiger partial charge in [-0.05, 0) is 87.4 Å². The standard InChI is InChI=1S/C25H46Si/c1-3-5-6-20-7-9-21(10-8-20)22-11-13-23(14-12-22)24-15-17-25(18-16-24)26-19-4-2/h5-6,20-25H,3-4,7-19,26H2,1-2H3/b6-5+/t20-,21-,22-,23-,24-,25-. The fraction of sp³-hybridized carbons (Fsp3) is 0.920. The quantitative estimate of drug-likeness (QED) is 0.319. The molecule has 1 heteroatoms. The van der Waals surface area contributed by atoms with Crippen molar-refractivity contribution < 1.29 is 0 Å². The molecule has 0 aromatic carbocycles. The van der Waals surface area contributed by atoms with Gasteiger partial charge in [0.25, 0.3) is 0 Å². The Balaban J connectivity index is 1.34. The Hall–Kier alpha value is -0.0431. The van der Waals surface area contributed by atoms with Gasteiger partial charge in [0, 0.05) is 9.52 Å². The van der Waals surface area contributed by atoms with Gasteiger partial charge in [0.2, 0.25) is 0 Å². The molecule has 0 radical (unpaired) electrons. The molecule has 0 bridgehead atoms. The lowest BCUT2D eigenvalue weighted by molar-refractivity contribution is 0.117. The third-order valence-corrected chi connectivity index (χ3v) is 11.2. The van der Waals surface area contributed by atoms with Gasteiger partial charge in [0.1, 0.15) is 0 Å². The molecular formula is C25H46Si. The second-order valence-corrected chi connectivity index (χ2v) is 12.5. The molecule has 0 unspecified atom stereocenters. The lowest BCUT2D eigenvalue weighted by Gasteiger charge is -2.41. The van der Waals surface area contributed by atoms with Crippen molar-refractivity contribution in [2.75, 3.05) is 0 Å². The summed E-state index contributed by atoms with van der Waals surface area (Å²) >= 11 is 0. The Morgan fingerprint density at radius 1 is 0.654 bits per heavy atom. The van der Waals surface area contributed by atoms with Crippen LogP contribution < -0.4 is 0 Å². The predicted octanol–water partition coefficient (Wildman–Crippen LogP) is 7.54. The maximum atomic E-state index is 2.52. The fourth-order valence-electron chi connectivity index (χ4n) is 6.67. The zero-order chi connectivity index (χ0) is 18.2. The molecule has 26 heavy (non-hydrogen) atoms. The molecule has 0 N–H and O–H groups in total. The molecule has 3 aliphatic rings. The smallest absolute Gasteiger partial charge is 0.0231 e. The summed E-state index contributed by atoms with van der Waals surface area (Å²) in [5.74, 6) is 5.32. The topological polar surface area (TPSA) is 0 Å². The molecule has 3 aliphatic carbocycles. The van der Waals surface area contributed by atoms with Gasteiger partial charge >= 0.3 is 0 Å². The first-order chi connectivity index (χ1) is 12.8. The first kappa shape index (κ1) is 20.7. The Morgan fingerprint density at radius 2 is 1.12 bits per heavy atom. The van der Waals surface area contributed by atoms with E-state index in [0.717, 1.165) is 29.6 Å². The van der Waals surface area contributed by atoms with Gasteiger partial charge in [-0.15, -0.1) is 0 Å². The highest BCUT2D eigenvalue weighted by molar-refractivity contribution is 6.37. The molecule has 150 valence electrons. The van der Waals surface area contributed by atoms with Crippen LogP contribution in [0.15, 0.2) is 12.2 Å². The van der Waals surface area contributed by atoms with Crippen molar-refractivity contribution >= 4 is 9.52 Å². The van der Waals surface area contributed by atoms with Gasteiger partial charge in [-0.2, -0.15) is 0 Å². The monoisotopic (exact) mass is 374 g/mol. The summed E-state index contributed by atoms with van der Waals surface area (Å²) in [7, 11) is 0.278. The van der Waals surface area contributed by atoms with Crippen molar-refractivity contribution in [3.05, 3.63) is 12.2 Å². The van der Waals surface area contributed by atoms with E-state index in [4.69, 9.17) is 0 Å². The van der Waals surface area contributed by atoms with Gasteiger partial charge in [0.15, 0.2) is 0 Å².